The summed E-state index contributed by atoms with van der Waals surface area (Å²) < 4.78 is 0. The molecule has 2 atom stereocenters. The van der Waals surface area contributed by atoms with Crippen molar-refractivity contribution in [2.45, 2.75) is 32.4 Å². The minimum Gasteiger partial charge on any atom is -0.508 e. The van der Waals surface area contributed by atoms with Gasteiger partial charge in [-0.3, -0.25) is 0 Å². The maximum atomic E-state index is 10.1. The smallest absolute Gasteiger partial charge is 0.122 e. The molecule has 0 heterocycles. The molecule has 108 valence electrons. The number of hydrogen-bond donors (Lipinski definition) is 2. The summed E-state index contributed by atoms with van der Waals surface area (Å²) in [5.74, 6) is 1.52. The highest BCUT2D eigenvalue weighted by Crippen LogP contribution is 2.29. The van der Waals surface area contributed by atoms with Crippen LogP contribution in [-0.2, 0) is 0 Å². The Morgan fingerprint density at radius 3 is 2.58 bits per heavy atom. The maximum Gasteiger partial charge on any atom is 0.122 e. The van der Waals surface area contributed by atoms with Crippen molar-refractivity contribution in [2.24, 2.45) is 0 Å². The first kappa shape index (κ1) is 16.2. The SMILES string of the molecule is CNC(C)c1ccc(N(C)C(C)CCSC)cc1O. The van der Waals surface area contributed by atoms with E-state index in [0.29, 0.717) is 11.8 Å². The maximum absolute atomic E-state index is 10.1. The molecule has 19 heavy (non-hydrogen) atoms. The molecule has 0 bridgehead atoms. The second-order valence-electron chi connectivity index (χ2n) is 4.99. The molecule has 0 radical (unpaired) electrons. The lowest BCUT2D eigenvalue weighted by Crippen LogP contribution is -2.29. The molecular formula is C15H26N2OS. The molecule has 0 aromatic heterocycles. The Kier molecular flexibility index (Phi) is 6.52. The molecule has 3 nitrogen and oxygen atoms in total. The van der Waals surface area contributed by atoms with Gasteiger partial charge in [0.15, 0.2) is 0 Å². The van der Waals surface area contributed by atoms with Gasteiger partial charge in [0.25, 0.3) is 0 Å². The van der Waals surface area contributed by atoms with Crippen molar-refractivity contribution in [3.63, 3.8) is 0 Å². The van der Waals surface area contributed by atoms with Crippen molar-refractivity contribution in [2.75, 3.05) is 31.0 Å². The molecule has 0 spiro atoms. The van der Waals surface area contributed by atoms with Crippen molar-refractivity contribution in [3.05, 3.63) is 23.8 Å². The lowest BCUT2D eigenvalue weighted by atomic mass is 10.1. The summed E-state index contributed by atoms with van der Waals surface area (Å²) in [5, 5.41) is 13.3. The Morgan fingerprint density at radius 1 is 1.37 bits per heavy atom. The third-order valence-corrected chi connectivity index (χ3v) is 4.37. The number of hydrogen-bond acceptors (Lipinski definition) is 4. The Labute approximate surface area is 121 Å². The van der Waals surface area contributed by atoms with E-state index < -0.39 is 0 Å². The molecule has 1 aromatic carbocycles. The monoisotopic (exact) mass is 282 g/mol. The second-order valence-corrected chi connectivity index (χ2v) is 5.98. The minimum atomic E-state index is 0.160. The van der Waals surface area contributed by atoms with E-state index in [2.05, 4.69) is 36.5 Å². The Bertz CT molecular complexity index is 398. The lowest BCUT2D eigenvalue weighted by molar-refractivity contribution is 0.457. The molecule has 0 aliphatic carbocycles. The van der Waals surface area contributed by atoms with Crippen molar-refractivity contribution >= 4 is 17.4 Å². The molecule has 1 rings (SSSR count). The van der Waals surface area contributed by atoms with Crippen LogP contribution >= 0.6 is 11.8 Å². The van der Waals surface area contributed by atoms with Gasteiger partial charge in [0, 0.05) is 36.4 Å². The van der Waals surface area contributed by atoms with Crippen LogP contribution in [0.1, 0.15) is 31.9 Å². The summed E-state index contributed by atoms with van der Waals surface area (Å²) in [7, 11) is 3.98. The molecule has 2 unspecified atom stereocenters. The first-order valence-electron chi connectivity index (χ1n) is 6.73. The fraction of sp³-hybridized carbons (Fsp3) is 0.600. The number of anilines is 1. The molecule has 1 aromatic rings. The largest absolute Gasteiger partial charge is 0.508 e. The number of nitrogens with one attached hydrogen (secondary N) is 1. The van der Waals surface area contributed by atoms with Crippen molar-refractivity contribution < 1.29 is 5.11 Å². The van der Waals surface area contributed by atoms with E-state index in [-0.39, 0.29) is 6.04 Å². The van der Waals surface area contributed by atoms with Gasteiger partial charge in [0.05, 0.1) is 0 Å². The van der Waals surface area contributed by atoms with Gasteiger partial charge >= 0.3 is 0 Å². The summed E-state index contributed by atoms with van der Waals surface area (Å²) in [6, 6.07) is 6.58. The van der Waals surface area contributed by atoms with Gasteiger partial charge in [-0.1, -0.05) is 6.07 Å². The number of rotatable bonds is 7. The standard InChI is InChI=1S/C15H26N2OS/c1-11(8-9-19-5)17(4)13-6-7-14(12(2)16-3)15(18)10-13/h6-7,10-12,16,18H,8-9H2,1-5H3. The van der Waals surface area contributed by atoms with Gasteiger partial charge in [0.1, 0.15) is 5.75 Å². The van der Waals surface area contributed by atoms with E-state index in [9.17, 15) is 5.11 Å². The highest BCUT2D eigenvalue weighted by molar-refractivity contribution is 7.98. The molecule has 0 saturated carbocycles. The van der Waals surface area contributed by atoms with Crippen LogP contribution in [0.2, 0.25) is 0 Å². The summed E-state index contributed by atoms with van der Waals surface area (Å²) in [6.07, 6.45) is 3.28. The highest BCUT2D eigenvalue weighted by Gasteiger charge is 2.13. The first-order valence-corrected chi connectivity index (χ1v) is 8.12. The third-order valence-electron chi connectivity index (χ3n) is 3.72. The molecule has 0 aliphatic rings. The van der Waals surface area contributed by atoms with Crippen molar-refractivity contribution in [1.29, 1.82) is 0 Å². The topological polar surface area (TPSA) is 35.5 Å². The number of aromatic hydroxyl groups is 1. The third kappa shape index (κ3) is 4.32. The molecule has 0 amide bonds. The molecule has 4 heteroatoms. The van der Waals surface area contributed by atoms with Crippen LogP contribution in [0.15, 0.2) is 18.2 Å². The van der Waals surface area contributed by atoms with E-state index >= 15 is 0 Å². The van der Waals surface area contributed by atoms with Crippen molar-refractivity contribution in [1.82, 2.24) is 5.32 Å². The number of nitrogens with zero attached hydrogens (tertiary/aromatic N) is 1. The molecule has 2 N–H and O–H groups in total. The van der Waals surface area contributed by atoms with Gasteiger partial charge in [-0.15, -0.1) is 0 Å². The number of phenols is 1. The van der Waals surface area contributed by atoms with Crippen LogP contribution in [0, 0.1) is 0 Å². The zero-order valence-electron chi connectivity index (χ0n) is 12.6. The second kappa shape index (κ2) is 7.65. The summed E-state index contributed by atoms with van der Waals surface area (Å²) in [4.78, 5) is 2.23. The summed E-state index contributed by atoms with van der Waals surface area (Å²) in [6.45, 7) is 4.26. The quantitative estimate of drug-likeness (QED) is 0.805. The van der Waals surface area contributed by atoms with Gasteiger partial charge in [-0.25, -0.2) is 0 Å². The summed E-state index contributed by atoms with van der Waals surface area (Å²) in [5.41, 5.74) is 2.01. The normalized spacial score (nSPS) is 14.2. The Morgan fingerprint density at radius 2 is 2.05 bits per heavy atom. The zero-order valence-corrected chi connectivity index (χ0v) is 13.4. The zero-order chi connectivity index (χ0) is 14.4. The minimum absolute atomic E-state index is 0.160. The lowest BCUT2D eigenvalue weighted by Gasteiger charge is -2.27. The average molecular weight is 282 g/mol. The number of phenolic OH excluding ortho intramolecular Hbond substituents is 1. The molecule has 0 aliphatic heterocycles. The first-order chi connectivity index (χ1) is 9.01. The van der Waals surface area contributed by atoms with E-state index in [1.54, 1.807) is 0 Å². The van der Waals surface area contributed by atoms with E-state index in [1.807, 2.05) is 37.9 Å². The van der Waals surface area contributed by atoms with Crippen LogP contribution in [0.4, 0.5) is 5.69 Å². The van der Waals surface area contributed by atoms with Crippen LogP contribution in [0.5, 0.6) is 5.75 Å². The molecule has 0 saturated heterocycles. The van der Waals surface area contributed by atoms with Crippen LogP contribution < -0.4 is 10.2 Å². The van der Waals surface area contributed by atoms with Crippen LogP contribution in [0.25, 0.3) is 0 Å². The van der Waals surface area contributed by atoms with Gasteiger partial charge < -0.3 is 15.3 Å². The number of thioether (sulfide) groups is 1. The van der Waals surface area contributed by atoms with Gasteiger partial charge in [-0.2, -0.15) is 11.8 Å². The fourth-order valence-corrected chi connectivity index (χ4v) is 2.59. The van der Waals surface area contributed by atoms with Crippen molar-refractivity contribution in [3.8, 4) is 5.75 Å². The molecular weight excluding hydrogens is 256 g/mol. The van der Waals surface area contributed by atoms with Gasteiger partial charge in [-0.05, 0) is 45.4 Å². The van der Waals surface area contributed by atoms with Crippen LogP contribution in [-0.4, -0.2) is 37.3 Å². The number of benzene rings is 1. The van der Waals surface area contributed by atoms with Crippen LogP contribution in [0.3, 0.4) is 0 Å². The predicted molar refractivity (Wildman–Crippen MR) is 86.4 cm³/mol. The molecule has 0 fully saturated rings. The highest BCUT2D eigenvalue weighted by atomic mass is 32.2. The van der Waals surface area contributed by atoms with E-state index in [0.717, 1.165) is 23.4 Å². The Hall–Kier alpha value is -0.870. The summed E-state index contributed by atoms with van der Waals surface area (Å²) >= 11 is 1.87. The average Bonchev–Trinajstić information content (AvgIpc) is 2.42. The Balaban J connectivity index is 2.82. The van der Waals surface area contributed by atoms with E-state index in [4.69, 9.17) is 0 Å². The van der Waals surface area contributed by atoms with Gasteiger partial charge in [0.2, 0.25) is 0 Å². The predicted octanol–water partition coefficient (Wildman–Crippen LogP) is 3.25. The fourth-order valence-electron chi connectivity index (χ4n) is 2.01. The van der Waals surface area contributed by atoms with E-state index in [1.165, 1.54) is 0 Å².